The van der Waals surface area contributed by atoms with E-state index in [0.717, 1.165) is 45.5 Å². The topological polar surface area (TPSA) is 85.8 Å². The van der Waals surface area contributed by atoms with Crippen molar-refractivity contribution in [1.82, 2.24) is 34.3 Å². The van der Waals surface area contributed by atoms with Crippen LogP contribution < -0.4 is 5.32 Å². The summed E-state index contributed by atoms with van der Waals surface area (Å²) in [6, 6.07) is 16.0. The van der Waals surface area contributed by atoms with E-state index in [1.54, 1.807) is 10.8 Å². The van der Waals surface area contributed by atoms with Crippen molar-refractivity contribution >= 4 is 11.5 Å². The van der Waals surface area contributed by atoms with Crippen molar-refractivity contribution in [3.63, 3.8) is 0 Å². The Balaban J connectivity index is 1.55. The third-order valence-corrected chi connectivity index (χ3v) is 4.81. The van der Waals surface area contributed by atoms with Gasteiger partial charge in [-0.3, -0.25) is 4.98 Å². The van der Waals surface area contributed by atoms with Gasteiger partial charge in [0, 0.05) is 42.0 Å². The number of hydrogen-bond donors (Lipinski definition) is 1. The van der Waals surface area contributed by atoms with E-state index in [9.17, 15) is 0 Å². The highest BCUT2D eigenvalue weighted by atomic mass is 15.3. The van der Waals surface area contributed by atoms with Crippen LogP contribution in [0.5, 0.6) is 0 Å². The minimum absolute atomic E-state index is 0.657. The van der Waals surface area contributed by atoms with Crippen LogP contribution in [0, 0.1) is 13.8 Å². The molecule has 148 valence electrons. The molecule has 0 amide bonds. The van der Waals surface area contributed by atoms with Crippen LogP contribution in [-0.4, -0.2) is 34.3 Å². The zero-order valence-electron chi connectivity index (χ0n) is 16.7. The standard InChI is InChI=1S/C22H20N8/c1-15-4-3-5-21(27-15)30-19(18-7-9-29-22(11-18)25-14-26-29)12-20(28-30)24-13-17-6-8-23-16(2)10-17/h3-12,14H,13H2,1-2H3,(H,24,28). The molecule has 8 heteroatoms. The Kier molecular flexibility index (Phi) is 4.44. The average Bonchev–Trinajstić information content (AvgIpc) is 3.39. The lowest BCUT2D eigenvalue weighted by Crippen LogP contribution is -2.05. The Bertz CT molecular complexity index is 1330. The molecule has 0 spiro atoms. The summed E-state index contributed by atoms with van der Waals surface area (Å²) in [5.74, 6) is 1.53. The maximum Gasteiger partial charge on any atom is 0.155 e. The maximum absolute atomic E-state index is 4.79. The number of anilines is 1. The zero-order valence-corrected chi connectivity index (χ0v) is 16.7. The molecule has 0 saturated heterocycles. The lowest BCUT2D eigenvalue weighted by atomic mass is 10.2. The van der Waals surface area contributed by atoms with Gasteiger partial charge in [-0.25, -0.2) is 19.2 Å². The van der Waals surface area contributed by atoms with Crippen LogP contribution in [0.25, 0.3) is 22.7 Å². The molecule has 5 rings (SSSR count). The van der Waals surface area contributed by atoms with Gasteiger partial charge >= 0.3 is 0 Å². The third-order valence-electron chi connectivity index (χ3n) is 4.81. The molecular weight excluding hydrogens is 376 g/mol. The molecule has 0 aliphatic carbocycles. The van der Waals surface area contributed by atoms with Gasteiger partial charge in [0.05, 0.1) is 5.69 Å². The molecule has 0 unspecified atom stereocenters. The van der Waals surface area contributed by atoms with Gasteiger partial charge in [-0.15, -0.1) is 5.10 Å². The fourth-order valence-corrected chi connectivity index (χ4v) is 3.38. The second-order valence-electron chi connectivity index (χ2n) is 7.10. The molecule has 0 saturated carbocycles. The second kappa shape index (κ2) is 7.40. The normalized spacial score (nSPS) is 11.1. The van der Waals surface area contributed by atoms with Gasteiger partial charge in [-0.2, -0.15) is 5.10 Å². The van der Waals surface area contributed by atoms with Crippen molar-refractivity contribution in [1.29, 1.82) is 0 Å². The van der Waals surface area contributed by atoms with Gasteiger partial charge in [0.15, 0.2) is 11.5 Å². The van der Waals surface area contributed by atoms with E-state index in [1.165, 1.54) is 0 Å². The van der Waals surface area contributed by atoms with Crippen molar-refractivity contribution in [2.24, 2.45) is 0 Å². The van der Waals surface area contributed by atoms with Crippen molar-refractivity contribution < 1.29 is 0 Å². The van der Waals surface area contributed by atoms with Crippen LogP contribution in [0.4, 0.5) is 5.82 Å². The Morgan fingerprint density at radius 1 is 0.967 bits per heavy atom. The molecule has 8 nitrogen and oxygen atoms in total. The van der Waals surface area contributed by atoms with E-state index in [0.29, 0.717) is 6.54 Å². The molecule has 30 heavy (non-hydrogen) atoms. The first-order chi connectivity index (χ1) is 14.7. The quantitative estimate of drug-likeness (QED) is 0.489. The summed E-state index contributed by atoms with van der Waals surface area (Å²) in [5.41, 5.74) is 5.76. The predicted molar refractivity (Wildman–Crippen MR) is 114 cm³/mol. The van der Waals surface area contributed by atoms with Crippen LogP contribution in [-0.2, 0) is 6.54 Å². The van der Waals surface area contributed by atoms with E-state index < -0.39 is 0 Å². The summed E-state index contributed by atoms with van der Waals surface area (Å²) in [7, 11) is 0. The van der Waals surface area contributed by atoms with Crippen LogP contribution in [0.3, 0.4) is 0 Å². The highest BCUT2D eigenvalue weighted by Crippen LogP contribution is 2.26. The predicted octanol–water partition coefficient (Wildman–Crippen LogP) is 3.60. The van der Waals surface area contributed by atoms with Gasteiger partial charge in [0.2, 0.25) is 0 Å². The van der Waals surface area contributed by atoms with E-state index in [2.05, 4.69) is 31.4 Å². The fourth-order valence-electron chi connectivity index (χ4n) is 3.38. The molecular formula is C22H20N8. The number of nitrogens with one attached hydrogen (secondary N) is 1. The number of fused-ring (bicyclic) bond motifs is 1. The smallest absolute Gasteiger partial charge is 0.155 e. The highest BCUT2D eigenvalue weighted by molar-refractivity contribution is 5.68. The molecule has 0 radical (unpaired) electrons. The Morgan fingerprint density at radius 3 is 2.77 bits per heavy atom. The van der Waals surface area contributed by atoms with Gasteiger partial charge in [0.1, 0.15) is 12.1 Å². The van der Waals surface area contributed by atoms with E-state index >= 15 is 0 Å². The number of pyridine rings is 3. The average molecular weight is 396 g/mol. The number of aryl methyl sites for hydroxylation is 2. The van der Waals surface area contributed by atoms with Crippen molar-refractivity contribution in [2.45, 2.75) is 20.4 Å². The summed E-state index contributed by atoms with van der Waals surface area (Å²) in [6.45, 7) is 4.62. The van der Waals surface area contributed by atoms with Gasteiger partial charge in [-0.05, 0) is 55.8 Å². The maximum atomic E-state index is 4.79. The zero-order chi connectivity index (χ0) is 20.5. The summed E-state index contributed by atoms with van der Waals surface area (Å²) in [4.78, 5) is 13.2. The van der Waals surface area contributed by atoms with E-state index in [4.69, 9.17) is 5.10 Å². The number of aromatic nitrogens is 7. The lowest BCUT2D eigenvalue weighted by molar-refractivity contribution is 0.845. The number of nitrogens with zero attached hydrogens (tertiary/aromatic N) is 7. The summed E-state index contributed by atoms with van der Waals surface area (Å²) in [5, 5.41) is 12.4. The van der Waals surface area contributed by atoms with E-state index in [1.807, 2.05) is 73.4 Å². The molecule has 0 fully saturated rings. The minimum atomic E-state index is 0.657. The highest BCUT2D eigenvalue weighted by Gasteiger charge is 2.14. The molecule has 5 aromatic rings. The van der Waals surface area contributed by atoms with Crippen molar-refractivity contribution in [3.05, 3.63) is 84.2 Å². The van der Waals surface area contributed by atoms with Gasteiger partial charge < -0.3 is 5.32 Å². The summed E-state index contributed by atoms with van der Waals surface area (Å²) in [6.07, 6.45) is 5.26. The fraction of sp³-hybridized carbons (Fsp3) is 0.136. The molecule has 0 atom stereocenters. The summed E-state index contributed by atoms with van der Waals surface area (Å²) >= 11 is 0. The van der Waals surface area contributed by atoms with Crippen molar-refractivity contribution in [3.8, 4) is 17.1 Å². The Hall–Kier alpha value is -4.07. The first-order valence-electron chi connectivity index (χ1n) is 9.65. The monoisotopic (exact) mass is 396 g/mol. The molecule has 1 N–H and O–H groups in total. The summed E-state index contributed by atoms with van der Waals surface area (Å²) < 4.78 is 3.59. The molecule has 0 aromatic carbocycles. The van der Waals surface area contributed by atoms with E-state index in [-0.39, 0.29) is 0 Å². The van der Waals surface area contributed by atoms with Crippen LogP contribution >= 0.6 is 0 Å². The number of rotatable bonds is 5. The molecule has 0 aliphatic heterocycles. The first-order valence-corrected chi connectivity index (χ1v) is 9.65. The molecule has 0 bridgehead atoms. The lowest BCUT2D eigenvalue weighted by Gasteiger charge is -2.07. The molecule has 5 heterocycles. The van der Waals surface area contributed by atoms with Crippen molar-refractivity contribution in [2.75, 3.05) is 5.32 Å². The first kappa shape index (κ1) is 18.0. The second-order valence-corrected chi connectivity index (χ2v) is 7.10. The van der Waals surface area contributed by atoms with Gasteiger partial charge in [0.25, 0.3) is 0 Å². The molecule has 5 aromatic heterocycles. The third kappa shape index (κ3) is 3.50. The Labute approximate surface area is 173 Å². The van der Waals surface area contributed by atoms with Crippen LogP contribution in [0.1, 0.15) is 17.0 Å². The Morgan fingerprint density at radius 2 is 1.90 bits per heavy atom. The number of hydrogen-bond acceptors (Lipinski definition) is 6. The van der Waals surface area contributed by atoms with Crippen LogP contribution in [0.15, 0.2) is 67.3 Å². The van der Waals surface area contributed by atoms with Gasteiger partial charge in [-0.1, -0.05) is 6.07 Å². The molecule has 0 aliphatic rings. The largest absolute Gasteiger partial charge is 0.364 e. The minimum Gasteiger partial charge on any atom is -0.364 e. The SMILES string of the molecule is Cc1cc(CNc2cc(-c3ccn4ncnc4c3)n(-c3cccc(C)n3)n2)ccn1. The van der Waals surface area contributed by atoms with Crippen LogP contribution in [0.2, 0.25) is 0 Å².